The molecule has 0 amide bonds. The molecule has 1 aromatic rings. The van der Waals surface area contributed by atoms with E-state index in [1.165, 1.54) is 12.1 Å². The Morgan fingerprint density at radius 1 is 1.31 bits per heavy atom. The van der Waals surface area contributed by atoms with Crippen LogP contribution in [0.15, 0.2) is 28.0 Å². The first kappa shape index (κ1) is 11.3. The van der Waals surface area contributed by atoms with Crippen molar-refractivity contribution in [1.82, 2.24) is 4.90 Å². The van der Waals surface area contributed by atoms with Crippen LogP contribution in [0, 0.1) is 5.82 Å². The molecule has 0 bridgehead atoms. The fourth-order valence-corrected chi connectivity index (χ4v) is 3.39. The normalized spacial score (nSPS) is 17.4. The summed E-state index contributed by atoms with van der Waals surface area (Å²) in [5, 5.41) is 0. The Hall–Kier alpha value is -1.20. The predicted molar refractivity (Wildman–Crippen MR) is 60.1 cm³/mol. The minimum atomic E-state index is -3.48. The van der Waals surface area contributed by atoms with Crippen molar-refractivity contribution in [2.75, 3.05) is 20.6 Å². The third-order valence-corrected chi connectivity index (χ3v) is 4.27. The molecular weight excluding hydrogens is 229 g/mol. The van der Waals surface area contributed by atoms with Gasteiger partial charge in [0.05, 0.1) is 9.80 Å². The van der Waals surface area contributed by atoms with Crippen LogP contribution in [0.2, 0.25) is 0 Å². The van der Waals surface area contributed by atoms with Gasteiger partial charge in [-0.15, -0.1) is 0 Å². The molecule has 86 valence electrons. The van der Waals surface area contributed by atoms with E-state index in [0.29, 0.717) is 17.0 Å². The Morgan fingerprint density at radius 2 is 2.00 bits per heavy atom. The minimum absolute atomic E-state index is 0.0735. The Balaban J connectivity index is 2.52. The molecule has 0 fully saturated rings. The van der Waals surface area contributed by atoms with Crippen molar-refractivity contribution in [2.45, 2.75) is 4.90 Å². The average Bonchev–Trinajstić information content (AvgIpc) is 2.40. The van der Waals surface area contributed by atoms with Crippen LogP contribution in [-0.4, -0.2) is 34.0 Å². The molecule has 1 heterocycles. The molecule has 16 heavy (non-hydrogen) atoms. The number of nitrogens with zero attached hydrogens (tertiary/aromatic N) is 1. The van der Waals surface area contributed by atoms with E-state index in [9.17, 15) is 12.8 Å². The van der Waals surface area contributed by atoms with Crippen LogP contribution < -0.4 is 0 Å². The van der Waals surface area contributed by atoms with Crippen molar-refractivity contribution in [1.29, 1.82) is 0 Å². The number of rotatable bonds is 2. The largest absolute Gasteiger partial charge is 0.304 e. The van der Waals surface area contributed by atoms with Gasteiger partial charge in [-0.05, 0) is 37.9 Å². The summed E-state index contributed by atoms with van der Waals surface area (Å²) in [4.78, 5) is 2.16. The zero-order valence-electron chi connectivity index (χ0n) is 9.07. The zero-order chi connectivity index (χ0) is 11.9. The number of halogens is 1. The van der Waals surface area contributed by atoms with Gasteiger partial charge >= 0.3 is 0 Å². The number of hydrogen-bond acceptors (Lipinski definition) is 3. The molecule has 0 saturated carbocycles. The highest BCUT2D eigenvalue weighted by molar-refractivity contribution is 7.95. The maximum Gasteiger partial charge on any atom is 0.204 e. The summed E-state index contributed by atoms with van der Waals surface area (Å²) in [7, 11) is 0.0987. The van der Waals surface area contributed by atoms with E-state index < -0.39 is 15.7 Å². The maximum absolute atomic E-state index is 13.0. The summed E-state index contributed by atoms with van der Waals surface area (Å²) < 4.78 is 37.0. The molecule has 5 heteroatoms. The van der Waals surface area contributed by atoms with Crippen molar-refractivity contribution < 1.29 is 12.8 Å². The lowest BCUT2D eigenvalue weighted by atomic mass is 10.2. The van der Waals surface area contributed by atoms with E-state index in [4.69, 9.17) is 0 Å². The summed E-state index contributed by atoms with van der Waals surface area (Å²) in [5.41, 5.74) is 0.568. The summed E-state index contributed by atoms with van der Waals surface area (Å²) in [6.07, 6.45) is 1.60. The lowest BCUT2D eigenvalue weighted by molar-refractivity contribution is 0.451. The third-order valence-electron chi connectivity index (χ3n) is 2.40. The summed E-state index contributed by atoms with van der Waals surface area (Å²) >= 11 is 0. The first-order valence-corrected chi connectivity index (χ1v) is 6.29. The molecule has 1 aromatic carbocycles. The van der Waals surface area contributed by atoms with E-state index in [0.717, 1.165) is 6.07 Å². The highest BCUT2D eigenvalue weighted by Crippen LogP contribution is 2.33. The quantitative estimate of drug-likeness (QED) is 0.787. The van der Waals surface area contributed by atoms with Gasteiger partial charge in [0.1, 0.15) is 5.82 Å². The second kappa shape index (κ2) is 3.68. The van der Waals surface area contributed by atoms with Gasteiger partial charge in [-0.3, -0.25) is 0 Å². The fraction of sp³-hybridized carbons (Fsp3) is 0.273. The molecule has 1 aliphatic rings. The van der Waals surface area contributed by atoms with Gasteiger partial charge in [-0.2, -0.15) is 0 Å². The number of hydrogen-bond donors (Lipinski definition) is 0. The molecule has 0 unspecified atom stereocenters. The highest BCUT2D eigenvalue weighted by Gasteiger charge is 2.29. The molecule has 2 rings (SSSR count). The summed E-state index contributed by atoms with van der Waals surface area (Å²) in [6.45, 7) is 0.332. The topological polar surface area (TPSA) is 37.4 Å². The third kappa shape index (κ3) is 1.76. The van der Waals surface area contributed by atoms with Gasteiger partial charge in [0, 0.05) is 6.54 Å². The van der Waals surface area contributed by atoms with Gasteiger partial charge in [-0.1, -0.05) is 6.07 Å². The fourth-order valence-electron chi connectivity index (χ4n) is 1.69. The molecule has 0 saturated heterocycles. The van der Waals surface area contributed by atoms with Gasteiger partial charge in [-0.25, -0.2) is 12.8 Å². The van der Waals surface area contributed by atoms with Gasteiger partial charge in [0.25, 0.3) is 0 Å². The lowest BCUT2D eigenvalue weighted by Gasteiger charge is -2.10. The van der Waals surface area contributed by atoms with Crippen molar-refractivity contribution in [2.24, 2.45) is 0 Å². The van der Waals surface area contributed by atoms with E-state index in [2.05, 4.69) is 0 Å². The molecule has 1 aliphatic heterocycles. The van der Waals surface area contributed by atoms with Gasteiger partial charge in [0.2, 0.25) is 9.84 Å². The van der Waals surface area contributed by atoms with Crippen molar-refractivity contribution in [3.05, 3.63) is 34.5 Å². The van der Waals surface area contributed by atoms with Crippen LogP contribution in [0.25, 0.3) is 6.08 Å². The highest BCUT2D eigenvalue weighted by atomic mass is 32.2. The molecule has 0 spiro atoms. The molecule has 0 N–H and O–H groups in total. The van der Waals surface area contributed by atoms with E-state index in [1.54, 1.807) is 25.1 Å². The SMILES string of the molecule is CN(C)CC1=Cc2ccc(F)cc2S1(=O)=O. The van der Waals surface area contributed by atoms with Crippen LogP contribution in [0.1, 0.15) is 5.56 Å². The van der Waals surface area contributed by atoms with Crippen LogP contribution >= 0.6 is 0 Å². The second-order valence-corrected chi connectivity index (χ2v) is 6.01. The van der Waals surface area contributed by atoms with Crippen LogP contribution in [-0.2, 0) is 9.84 Å². The van der Waals surface area contributed by atoms with E-state index in [1.807, 2.05) is 0 Å². The second-order valence-electron chi connectivity index (χ2n) is 4.03. The summed E-state index contributed by atoms with van der Waals surface area (Å²) in [5.74, 6) is -0.526. The van der Waals surface area contributed by atoms with Gasteiger partial charge < -0.3 is 4.90 Å². The molecule has 0 atom stereocenters. The standard InChI is InChI=1S/C11H12FNO2S/c1-13(2)7-10-5-8-3-4-9(12)6-11(8)16(10,14)15/h3-6H,7H2,1-2H3. The Morgan fingerprint density at radius 3 is 2.62 bits per heavy atom. The Bertz CT molecular complexity index is 561. The predicted octanol–water partition coefficient (Wildman–Crippen LogP) is 1.52. The smallest absolute Gasteiger partial charge is 0.204 e. The number of benzene rings is 1. The molecule has 0 aliphatic carbocycles. The van der Waals surface area contributed by atoms with E-state index >= 15 is 0 Å². The van der Waals surface area contributed by atoms with E-state index in [-0.39, 0.29) is 4.90 Å². The number of fused-ring (bicyclic) bond motifs is 1. The van der Waals surface area contributed by atoms with Crippen molar-refractivity contribution in [3.63, 3.8) is 0 Å². The van der Waals surface area contributed by atoms with Gasteiger partial charge in [0.15, 0.2) is 0 Å². The molecule has 3 nitrogen and oxygen atoms in total. The Labute approximate surface area is 94.1 Å². The average molecular weight is 241 g/mol. The Kier molecular flexibility index (Phi) is 2.59. The monoisotopic (exact) mass is 241 g/mol. The first-order valence-electron chi connectivity index (χ1n) is 4.81. The number of likely N-dealkylation sites (N-methyl/N-ethyl adjacent to an activating group) is 1. The van der Waals surface area contributed by atoms with Crippen LogP contribution in [0.3, 0.4) is 0 Å². The zero-order valence-corrected chi connectivity index (χ0v) is 9.88. The van der Waals surface area contributed by atoms with Crippen molar-refractivity contribution >= 4 is 15.9 Å². The van der Waals surface area contributed by atoms with Crippen LogP contribution in [0.5, 0.6) is 0 Å². The number of sulfone groups is 1. The molecule has 0 aromatic heterocycles. The lowest BCUT2D eigenvalue weighted by Crippen LogP contribution is -2.18. The molecular formula is C11H12FNO2S. The van der Waals surface area contributed by atoms with Crippen molar-refractivity contribution in [3.8, 4) is 0 Å². The van der Waals surface area contributed by atoms with Crippen LogP contribution in [0.4, 0.5) is 4.39 Å². The molecule has 0 radical (unpaired) electrons. The first-order chi connectivity index (χ1) is 7.41. The minimum Gasteiger partial charge on any atom is -0.304 e. The summed E-state index contributed by atoms with van der Waals surface area (Å²) in [6, 6.07) is 3.83. The maximum atomic E-state index is 13.0.